The molecule has 0 saturated carbocycles. The first-order valence-corrected chi connectivity index (χ1v) is 6.67. The minimum absolute atomic E-state index is 0.0565. The van der Waals surface area contributed by atoms with Gasteiger partial charge in [0.2, 0.25) is 0 Å². The van der Waals surface area contributed by atoms with Crippen LogP contribution in [0.15, 0.2) is 24.3 Å². The molecule has 20 heavy (non-hydrogen) atoms. The fraction of sp³-hybridized carbons (Fsp3) is 0.571. The van der Waals surface area contributed by atoms with E-state index in [1.807, 2.05) is 6.92 Å². The van der Waals surface area contributed by atoms with Crippen molar-refractivity contribution in [1.82, 2.24) is 5.43 Å². The molecule has 3 nitrogen and oxygen atoms in total. The normalized spacial score (nSPS) is 13.4. The van der Waals surface area contributed by atoms with Crippen LogP contribution in [-0.2, 0) is 17.3 Å². The number of benzene rings is 1. The highest BCUT2D eigenvalue weighted by atomic mass is 19.4. The van der Waals surface area contributed by atoms with Crippen molar-refractivity contribution < 1.29 is 17.9 Å². The molecule has 6 heteroatoms. The summed E-state index contributed by atoms with van der Waals surface area (Å²) in [7, 11) is 0. The van der Waals surface area contributed by atoms with E-state index in [4.69, 9.17) is 10.6 Å². The first kappa shape index (κ1) is 16.9. The highest BCUT2D eigenvalue weighted by Gasteiger charge is 2.30. The molecular weight excluding hydrogens is 269 g/mol. The lowest BCUT2D eigenvalue weighted by Crippen LogP contribution is -2.37. The van der Waals surface area contributed by atoms with Crippen LogP contribution in [0.4, 0.5) is 13.2 Å². The maximum absolute atomic E-state index is 12.6. The minimum atomic E-state index is -4.31. The monoisotopic (exact) mass is 290 g/mol. The lowest BCUT2D eigenvalue weighted by molar-refractivity contribution is -0.137. The molecule has 1 aromatic carbocycles. The SMILES string of the molecule is CCOCCCC(Cc1cccc(C(F)(F)F)c1)NN. The Bertz CT molecular complexity index is 396. The summed E-state index contributed by atoms with van der Waals surface area (Å²) in [4.78, 5) is 0. The van der Waals surface area contributed by atoms with Crippen LogP contribution in [0.25, 0.3) is 0 Å². The second kappa shape index (κ2) is 8.24. The predicted octanol–water partition coefficient (Wildman–Crippen LogP) is 2.90. The number of halogens is 3. The first-order chi connectivity index (χ1) is 9.47. The van der Waals surface area contributed by atoms with Crippen LogP contribution >= 0.6 is 0 Å². The van der Waals surface area contributed by atoms with Gasteiger partial charge in [0.25, 0.3) is 0 Å². The zero-order chi connectivity index (χ0) is 15.0. The molecule has 0 amide bonds. The molecule has 0 aliphatic carbocycles. The summed E-state index contributed by atoms with van der Waals surface area (Å²) in [5.41, 5.74) is 2.65. The molecule has 1 rings (SSSR count). The predicted molar refractivity (Wildman–Crippen MR) is 72.0 cm³/mol. The Morgan fingerprint density at radius 2 is 2.10 bits per heavy atom. The fourth-order valence-electron chi connectivity index (χ4n) is 1.98. The van der Waals surface area contributed by atoms with Gasteiger partial charge in [-0.15, -0.1) is 0 Å². The highest BCUT2D eigenvalue weighted by Crippen LogP contribution is 2.29. The van der Waals surface area contributed by atoms with E-state index in [2.05, 4.69) is 5.43 Å². The Hall–Kier alpha value is -1.11. The van der Waals surface area contributed by atoms with Crippen molar-refractivity contribution in [2.45, 2.75) is 38.4 Å². The van der Waals surface area contributed by atoms with E-state index in [0.717, 1.165) is 18.9 Å². The van der Waals surface area contributed by atoms with Crippen molar-refractivity contribution in [1.29, 1.82) is 0 Å². The molecule has 0 spiro atoms. The summed E-state index contributed by atoms with van der Waals surface area (Å²) >= 11 is 0. The van der Waals surface area contributed by atoms with Crippen molar-refractivity contribution in [3.63, 3.8) is 0 Å². The number of rotatable bonds is 8. The molecule has 0 aliphatic heterocycles. The molecule has 0 aliphatic rings. The van der Waals surface area contributed by atoms with Gasteiger partial charge in [-0.05, 0) is 37.8 Å². The van der Waals surface area contributed by atoms with Gasteiger partial charge in [0.05, 0.1) is 5.56 Å². The quantitative estimate of drug-likeness (QED) is 0.440. The Morgan fingerprint density at radius 3 is 2.70 bits per heavy atom. The average Bonchev–Trinajstić information content (AvgIpc) is 2.41. The van der Waals surface area contributed by atoms with E-state index in [-0.39, 0.29) is 6.04 Å². The number of nitrogens with one attached hydrogen (secondary N) is 1. The molecular formula is C14H21F3N2O. The number of nitrogens with two attached hydrogens (primary N) is 1. The highest BCUT2D eigenvalue weighted by molar-refractivity contribution is 5.26. The number of hydrogen-bond donors (Lipinski definition) is 2. The lowest BCUT2D eigenvalue weighted by atomic mass is 10.0. The molecule has 0 fully saturated rings. The third-order valence-corrected chi connectivity index (χ3v) is 3.02. The standard InChI is InChI=1S/C14H21F3N2O/c1-2-20-8-4-7-13(19-18)10-11-5-3-6-12(9-11)14(15,16)17/h3,5-6,9,13,19H,2,4,7-8,10,18H2,1H3. The van der Waals surface area contributed by atoms with Gasteiger partial charge in [-0.25, -0.2) is 0 Å². The van der Waals surface area contributed by atoms with Crippen molar-refractivity contribution >= 4 is 0 Å². The molecule has 1 unspecified atom stereocenters. The Morgan fingerprint density at radius 1 is 1.35 bits per heavy atom. The van der Waals surface area contributed by atoms with Gasteiger partial charge in [0, 0.05) is 19.3 Å². The van der Waals surface area contributed by atoms with Crippen molar-refractivity contribution in [2.24, 2.45) is 5.84 Å². The van der Waals surface area contributed by atoms with E-state index < -0.39 is 11.7 Å². The third-order valence-electron chi connectivity index (χ3n) is 3.02. The van der Waals surface area contributed by atoms with Gasteiger partial charge in [-0.1, -0.05) is 18.2 Å². The molecule has 0 bridgehead atoms. The molecule has 114 valence electrons. The van der Waals surface area contributed by atoms with Crippen LogP contribution in [0.2, 0.25) is 0 Å². The van der Waals surface area contributed by atoms with Crippen LogP contribution in [0.3, 0.4) is 0 Å². The smallest absolute Gasteiger partial charge is 0.382 e. The van der Waals surface area contributed by atoms with Crippen LogP contribution in [0.5, 0.6) is 0 Å². The molecule has 0 aromatic heterocycles. The van der Waals surface area contributed by atoms with Gasteiger partial charge in [-0.3, -0.25) is 11.3 Å². The van der Waals surface area contributed by atoms with Gasteiger partial charge in [0.15, 0.2) is 0 Å². The van der Waals surface area contributed by atoms with Crippen LogP contribution in [0.1, 0.15) is 30.9 Å². The summed E-state index contributed by atoms with van der Waals surface area (Å²) < 4.78 is 43.1. The number of ether oxygens (including phenoxy) is 1. The molecule has 0 saturated heterocycles. The van der Waals surface area contributed by atoms with Gasteiger partial charge in [0.1, 0.15) is 0 Å². The number of hydrogen-bond acceptors (Lipinski definition) is 3. The van der Waals surface area contributed by atoms with Crippen molar-refractivity contribution in [3.05, 3.63) is 35.4 Å². The maximum Gasteiger partial charge on any atom is 0.416 e. The number of hydrazine groups is 1. The topological polar surface area (TPSA) is 47.3 Å². The Labute approximate surface area is 117 Å². The van der Waals surface area contributed by atoms with Crippen LogP contribution in [0, 0.1) is 0 Å². The van der Waals surface area contributed by atoms with Crippen molar-refractivity contribution in [3.8, 4) is 0 Å². The summed E-state index contributed by atoms with van der Waals surface area (Å²) in [5, 5.41) is 0. The zero-order valence-electron chi connectivity index (χ0n) is 11.5. The van der Waals surface area contributed by atoms with E-state index in [1.54, 1.807) is 6.07 Å². The second-order valence-corrected chi connectivity index (χ2v) is 4.61. The summed E-state index contributed by atoms with van der Waals surface area (Å²) in [6, 6.07) is 5.30. The summed E-state index contributed by atoms with van der Waals surface area (Å²) in [6.07, 6.45) is -2.27. The molecule has 0 heterocycles. The molecule has 3 N–H and O–H groups in total. The Balaban J connectivity index is 2.56. The summed E-state index contributed by atoms with van der Waals surface area (Å²) in [6.45, 7) is 3.22. The van der Waals surface area contributed by atoms with Crippen molar-refractivity contribution in [2.75, 3.05) is 13.2 Å². The lowest BCUT2D eigenvalue weighted by Gasteiger charge is -2.16. The number of alkyl halides is 3. The third kappa shape index (κ3) is 5.90. The molecule has 1 atom stereocenters. The molecule has 0 radical (unpaired) electrons. The Kier molecular flexibility index (Phi) is 6.98. The zero-order valence-corrected chi connectivity index (χ0v) is 11.5. The van der Waals surface area contributed by atoms with E-state index in [9.17, 15) is 13.2 Å². The van der Waals surface area contributed by atoms with Crippen LogP contribution < -0.4 is 11.3 Å². The maximum atomic E-state index is 12.6. The fourth-order valence-corrected chi connectivity index (χ4v) is 1.98. The summed E-state index contributed by atoms with van der Waals surface area (Å²) in [5.74, 6) is 5.45. The minimum Gasteiger partial charge on any atom is -0.382 e. The van der Waals surface area contributed by atoms with E-state index in [1.165, 1.54) is 12.1 Å². The largest absolute Gasteiger partial charge is 0.416 e. The van der Waals surface area contributed by atoms with E-state index in [0.29, 0.717) is 25.2 Å². The molecule has 1 aromatic rings. The van der Waals surface area contributed by atoms with Gasteiger partial charge >= 0.3 is 6.18 Å². The second-order valence-electron chi connectivity index (χ2n) is 4.61. The first-order valence-electron chi connectivity index (χ1n) is 6.67. The average molecular weight is 290 g/mol. The van der Waals surface area contributed by atoms with Gasteiger partial charge in [-0.2, -0.15) is 13.2 Å². The van der Waals surface area contributed by atoms with E-state index >= 15 is 0 Å². The van der Waals surface area contributed by atoms with Gasteiger partial charge < -0.3 is 4.74 Å². The van der Waals surface area contributed by atoms with Crippen LogP contribution in [-0.4, -0.2) is 19.3 Å².